The average molecular weight is 425 g/mol. The van der Waals surface area contributed by atoms with Gasteiger partial charge in [-0.3, -0.25) is 10.1 Å². The molecule has 1 saturated heterocycles. The summed E-state index contributed by atoms with van der Waals surface area (Å²) in [6, 6.07) is 4.24. The van der Waals surface area contributed by atoms with Gasteiger partial charge in [-0.1, -0.05) is 25.7 Å². The molecule has 162 valence electrons. The first-order valence-electron chi connectivity index (χ1n) is 10.5. The Balaban J connectivity index is 1.84. The Bertz CT molecular complexity index is 829. The molecule has 0 bridgehead atoms. The molecule has 0 unspecified atom stereocenters. The van der Waals surface area contributed by atoms with Crippen LogP contribution in [0, 0.1) is 10.1 Å². The molecule has 2 aliphatic rings. The lowest BCUT2D eigenvalue weighted by atomic mass is 9.80. The second-order valence-corrected chi connectivity index (χ2v) is 10.4. The van der Waals surface area contributed by atoms with Crippen LogP contribution in [0.15, 0.2) is 23.1 Å². The van der Waals surface area contributed by atoms with E-state index in [0.29, 0.717) is 25.3 Å². The van der Waals surface area contributed by atoms with Crippen LogP contribution in [0.3, 0.4) is 0 Å². The molecule has 1 aliphatic carbocycles. The van der Waals surface area contributed by atoms with Crippen molar-refractivity contribution < 1.29 is 13.3 Å². The van der Waals surface area contributed by atoms with Gasteiger partial charge >= 0.3 is 0 Å². The van der Waals surface area contributed by atoms with E-state index in [1.807, 2.05) is 0 Å². The molecule has 0 spiro atoms. The lowest BCUT2D eigenvalue weighted by Gasteiger charge is -2.43. The maximum atomic E-state index is 12.9. The number of anilines is 1. The lowest BCUT2D eigenvalue weighted by molar-refractivity contribution is -0.384. The number of hydrogen-bond acceptors (Lipinski definition) is 6. The smallest absolute Gasteiger partial charge is 0.293 e. The van der Waals surface area contributed by atoms with Gasteiger partial charge in [-0.25, -0.2) is 8.42 Å². The van der Waals surface area contributed by atoms with Gasteiger partial charge in [-0.05, 0) is 51.9 Å². The predicted octanol–water partition coefficient (Wildman–Crippen LogP) is 3.45. The van der Waals surface area contributed by atoms with Crippen LogP contribution in [0.4, 0.5) is 11.4 Å². The summed E-state index contributed by atoms with van der Waals surface area (Å²) in [7, 11) is 0.400. The maximum absolute atomic E-state index is 12.9. The Morgan fingerprint density at radius 3 is 2.31 bits per heavy atom. The van der Waals surface area contributed by atoms with Crippen LogP contribution in [-0.4, -0.2) is 61.8 Å². The minimum atomic E-state index is -3.70. The van der Waals surface area contributed by atoms with Gasteiger partial charge in [-0.15, -0.1) is 0 Å². The molecule has 0 aromatic heterocycles. The zero-order chi connectivity index (χ0) is 21.1. The summed E-state index contributed by atoms with van der Waals surface area (Å²) in [6.45, 7) is 1.54. The first-order chi connectivity index (χ1) is 13.8. The SMILES string of the molecule is CN(C)C1(CNc2ccc(S(=O)(=O)N3CCCCC3)cc2[N+](=O)[O-])CCCCC1. The highest BCUT2D eigenvalue weighted by Crippen LogP contribution is 2.35. The van der Waals surface area contributed by atoms with Crippen LogP contribution in [0.5, 0.6) is 0 Å². The molecule has 9 heteroatoms. The normalized spacial score (nSPS) is 20.5. The monoisotopic (exact) mass is 424 g/mol. The molecule has 1 aromatic rings. The van der Waals surface area contributed by atoms with Crippen LogP contribution in [0.2, 0.25) is 0 Å². The van der Waals surface area contributed by atoms with E-state index in [1.54, 1.807) is 6.07 Å². The Morgan fingerprint density at radius 2 is 1.72 bits per heavy atom. The number of likely N-dealkylation sites (N-methyl/N-ethyl adjacent to an activating group) is 1. The number of rotatable bonds is 7. The second-order valence-electron chi connectivity index (χ2n) is 8.43. The van der Waals surface area contributed by atoms with Gasteiger partial charge in [0.05, 0.1) is 9.82 Å². The van der Waals surface area contributed by atoms with Crippen molar-refractivity contribution in [1.82, 2.24) is 9.21 Å². The topological polar surface area (TPSA) is 95.8 Å². The van der Waals surface area contributed by atoms with Crippen LogP contribution in [0.25, 0.3) is 0 Å². The Kier molecular flexibility index (Phi) is 6.80. The number of nitro benzene ring substituents is 1. The summed E-state index contributed by atoms with van der Waals surface area (Å²) in [5.74, 6) is 0. The number of sulfonamides is 1. The average Bonchev–Trinajstić information content (AvgIpc) is 2.73. The third-order valence-electron chi connectivity index (χ3n) is 6.46. The third-order valence-corrected chi connectivity index (χ3v) is 8.35. The molecule has 0 amide bonds. The predicted molar refractivity (Wildman–Crippen MR) is 114 cm³/mol. The molecule has 1 N–H and O–H groups in total. The largest absolute Gasteiger partial charge is 0.378 e. The highest BCUT2D eigenvalue weighted by molar-refractivity contribution is 7.89. The standard InChI is InChI=1S/C20H32N4O4S/c1-22(2)20(11-5-3-6-12-20)16-21-18-10-9-17(15-19(18)24(25)26)29(27,28)23-13-7-4-8-14-23/h9-10,15,21H,3-8,11-14,16H2,1-2H3. The van der Waals surface area contributed by atoms with Gasteiger partial charge in [0, 0.05) is 31.2 Å². The summed E-state index contributed by atoms with van der Waals surface area (Å²) in [5, 5.41) is 14.9. The van der Waals surface area contributed by atoms with E-state index >= 15 is 0 Å². The lowest BCUT2D eigenvalue weighted by Crippen LogP contribution is -2.51. The van der Waals surface area contributed by atoms with Crippen molar-refractivity contribution >= 4 is 21.4 Å². The molecule has 0 atom stereocenters. The molecule has 0 radical (unpaired) electrons. The summed E-state index contributed by atoms with van der Waals surface area (Å²) >= 11 is 0. The first kappa shape index (κ1) is 22.0. The number of benzene rings is 1. The molecule has 1 saturated carbocycles. The molecule has 1 heterocycles. The summed E-state index contributed by atoms with van der Waals surface area (Å²) < 4.78 is 27.2. The minimum absolute atomic E-state index is 0.00311. The fourth-order valence-corrected chi connectivity index (χ4v) is 6.02. The fraction of sp³-hybridized carbons (Fsp3) is 0.700. The minimum Gasteiger partial charge on any atom is -0.378 e. The van der Waals surface area contributed by atoms with Crippen LogP contribution in [-0.2, 0) is 10.0 Å². The summed E-state index contributed by atoms with van der Waals surface area (Å²) in [4.78, 5) is 13.4. The van der Waals surface area contributed by atoms with Gasteiger partial charge in [0.25, 0.3) is 5.69 Å². The summed E-state index contributed by atoms with van der Waals surface area (Å²) in [5.41, 5.74) is 0.150. The van der Waals surface area contributed by atoms with Crippen molar-refractivity contribution in [2.45, 2.75) is 61.8 Å². The Morgan fingerprint density at radius 1 is 1.10 bits per heavy atom. The fourth-order valence-electron chi connectivity index (χ4n) is 4.48. The number of hydrogen-bond donors (Lipinski definition) is 1. The maximum Gasteiger partial charge on any atom is 0.293 e. The van der Waals surface area contributed by atoms with Crippen molar-refractivity contribution in [2.24, 2.45) is 0 Å². The zero-order valence-corrected chi connectivity index (χ0v) is 18.2. The summed E-state index contributed by atoms with van der Waals surface area (Å²) in [6.07, 6.45) is 8.27. The molecular weight excluding hydrogens is 392 g/mol. The molecule has 8 nitrogen and oxygen atoms in total. The van der Waals surface area contributed by atoms with Crippen LogP contribution in [0.1, 0.15) is 51.4 Å². The van der Waals surface area contributed by atoms with Crippen molar-refractivity contribution in [3.63, 3.8) is 0 Å². The van der Waals surface area contributed by atoms with E-state index < -0.39 is 14.9 Å². The van der Waals surface area contributed by atoms with Gasteiger partial charge in [0.1, 0.15) is 5.69 Å². The van der Waals surface area contributed by atoms with Gasteiger partial charge < -0.3 is 10.2 Å². The van der Waals surface area contributed by atoms with E-state index in [9.17, 15) is 18.5 Å². The number of piperidine rings is 1. The van der Waals surface area contributed by atoms with Crippen molar-refractivity contribution in [2.75, 3.05) is 39.0 Å². The number of nitro groups is 1. The molecule has 29 heavy (non-hydrogen) atoms. The van der Waals surface area contributed by atoms with E-state index in [1.165, 1.54) is 22.9 Å². The highest BCUT2D eigenvalue weighted by atomic mass is 32.2. The van der Waals surface area contributed by atoms with E-state index in [-0.39, 0.29) is 16.1 Å². The Hall–Kier alpha value is -1.71. The van der Waals surface area contributed by atoms with Crippen molar-refractivity contribution in [3.8, 4) is 0 Å². The zero-order valence-electron chi connectivity index (χ0n) is 17.4. The molecular formula is C20H32N4O4S. The highest BCUT2D eigenvalue weighted by Gasteiger charge is 2.35. The molecule has 1 aliphatic heterocycles. The third kappa shape index (κ3) is 4.73. The van der Waals surface area contributed by atoms with Crippen molar-refractivity contribution in [1.29, 1.82) is 0 Å². The quantitative estimate of drug-likeness (QED) is 0.532. The number of nitrogens with zero attached hydrogens (tertiary/aromatic N) is 3. The van der Waals surface area contributed by atoms with Crippen LogP contribution >= 0.6 is 0 Å². The Labute approximate surface area is 173 Å². The second kappa shape index (κ2) is 8.97. The van der Waals surface area contributed by atoms with Gasteiger partial charge in [0.2, 0.25) is 10.0 Å². The molecule has 3 rings (SSSR count). The first-order valence-corrected chi connectivity index (χ1v) is 11.9. The van der Waals surface area contributed by atoms with E-state index in [4.69, 9.17) is 0 Å². The van der Waals surface area contributed by atoms with E-state index in [0.717, 1.165) is 44.9 Å². The molecule has 2 fully saturated rings. The molecule has 1 aromatic carbocycles. The van der Waals surface area contributed by atoms with Crippen molar-refractivity contribution in [3.05, 3.63) is 28.3 Å². The van der Waals surface area contributed by atoms with Gasteiger partial charge in [-0.2, -0.15) is 4.31 Å². The van der Waals surface area contributed by atoms with E-state index in [2.05, 4.69) is 24.3 Å². The van der Waals surface area contributed by atoms with Crippen LogP contribution < -0.4 is 5.32 Å². The number of nitrogens with one attached hydrogen (secondary N) is 1. The van der Waals surface area contributed by atoms with Gasteiger partial charge in [0.15, 0.2) is 0 Å².